The first kappa shape index (κ1) is 16.9. The summed E-state index contributed by atoms with van der Waals surface area (Å²) >= 11 is 3.49. The van der Waals surface area contributed by atoms with Gasteiger partial charge in [0, 0.05) is 23.5 Å². The number of hydrogen-bond donors (Lipinski definition) is 2. The molecule has 2 N–H and O–H groups in total. The number of benzene rings is 1. The van der Waals surface area contributed by atoms with Crippen molar-refractivity contribution in [3.05, 3.63) is 34.3 Å². The van der Waals surface area contributed by atoms with Crippen LogP contribution in [0.4, 0.5) is 0 Å². The van der Waals surface area contributed by atoms with Crippen LogP contribution in [0.5, 0.6) is 0 Å². The van der Waals surface area contributed by atoms with Gasteiger partial charge in [-0.2, -0.15) is 0 Å². The molecule has 5 heteroatoms. The molecule has 3 atom stereocenters. The molecule has 1 saturated heterocycles. The van der Waals surface area contributed by atoms with Crippen LogP contribution < -0.4 is 0 Å². The Morgan fingerprint density at radius 2 is 1.91 bits per heavy atom. The molecule has 23 heavy (non-hydrogen) atoms. The molecule has 0 radical (unpaired) electrons. The van der Waals surface area contributed by atoms with Crippen molar-refractivity contribution < 1.29 is 15.0 Å². The molecule has 4 nitrogen and oxygen atoms in total. The second kappa shape index (κ2) is 7.32. The van der Waals surface area contributed by atoms with Crippen LogP contribution in [0, 0.1) is 11.8 Å². The van der Waals surface area contributed by atoms with Gasteiger partial charge in [-0.15, -0.1) is 0 Å². The number of aliphatic carboxylic acids is 1. The van der Waals surface area contributed by atoms with E-state index in [-0.39, 0.29) is 12.0 Å². The van der Waals surface area contributed by atoms with Gasteiger partial charge < -0.3 is 10.2 Å². The number of nitrogens with zero attached hydrogens (tertiary/aromatic N) is 1. The highest BCUT2D eigenvalue weighted by Gasteiger charge is 2.39. The van der Waals surface area contributed by atoms with Crippen LogP contribution in [0.3, 0.4) is 0 Å². The van der Waals surface area contributed by atoms with Crippen LogP contribution >= 0.6 is 15.9 Å². The van der Waals surface area contributed by atoms with E-state index in [2.05, 4.69) is 15.9 Å². The summed E-state index contributed by atoms with van der Waals surface area (Å²) in [5.74, 6) is -0.0736. The molecule has 1 aliphatic heterocycles. The van der Waals surface area contributed by atoms with Gasteiger partial charge >= 0.3 is 5.97 Å². The molecule has 2 fully saturated rings. The van der Waals surface area contributed by atoms with Crippen LogP contribution in [0.15, 0.2) is 28.7 Å². The molecule has 1 unspecified atom stereocenters. The zero-order valence-corrected chi connectivity index (χ0v) is 14.8. The summed E-state index contributed by atoms with van der Waals surface area (Å²) in [6, 6.07) is 6.88. The van der Waals surface area contributed by atoms with Crippen molar-refractivity contribution in [2.24, 2.45) is 11.8 Å². The Morgan fingerprint density at radius 1 is 1.22 bits per heavy atom. The maximum atomic E-state index is 11.9. The lowest BCUT2D eigenvalue weighted by Gasteiger charge is -2.41. The summed E-state index contributed by atoms with van der Waals surface area (Å²) in [5, 5.41) is 20.2. The van der Waals surface area contributed by atoms with Gasteiger partial charge in [0.2, 0.25) is 0 Å². The Labute approximate surface area is 145 Å². The molecule has 0 amide bonds. The molecule has 3 rings (SSSR count). The van der Waals surface area contributed by atoms with E-state index in [9.17, 15) is 15.0 Å². The molecular formula is C18H24BrNO3. The number of carboxylic acids is 1. The molecule has 1 saturated carbocycles. The van der Waals surface area contributed by atoms with E-state index in [4.69, 9.17) is 0 Å². The first-order valence-corrected chi connectivity index (χ1v) is 9.26. The van der Waals surface area contributed by atoms with Gasteiger partial charge in [0.05, 0.1) is 6.10 Å². The van der Waals surface area contributed by atoms with Gasteiger partial charge in [-0.1, -0.05) is 59.8 Å². The summed E-state index contributed by atoms with van der Waals surface area (Å²) in [7, 11) is 0. The fourth-order valence-electron chi connectivity index (χ4n) is 4.26. The highest BCUT2D eigenvalue weighted by molar-refractivity contribution is 9.10. The minimum Gasteiger partial charge on any atom is -0.480 e. The van der Waals surface area contributed by atoms with Crippen LogP contribution in [0.25, 0.3) is 0 Å². The number of aliphatic hydroxyl groups excluding tert-OH is 1. The Bertz CT molecular complexity index is 559. The van der Waals surface area contributed by atoms with Gasteiger partial charge in [-0.3, -0.25) is 9.69 Å². The first-order valence-electron chi connectivity index (χ1n) is 8.47. The van der Waals surface area contributed by atoms with Gasteiger partial charge in [-0.25, -0.2) is 0 Å². The molecule has 0 aromatic heterocycles. The second-order valence-electron chi connectivity index (χ2n) is 6.82. The van der Waals surface area contributed by atoms with Crippen molar-refractivity contribution in [2.45, 2.75) is 44.2 Å². The third-order valence-electron chi connectivity index (χ3n) is 5.46. The summed E-state index contributed by atoms with van der Waals surface area (Å²) in [6.45, 7) is 1.30. The largest absolute Gasteiger partial charge is 0.480 e. The van der Waals surface area contributed by atoms with Crippen molar-refractivity contribution in [1.29, 1.82) is 0 Å². The Balaban J connectivity index is 1.82. The zero-order chi connectivity index (χ0) is 16.4. The Hall–Kier alpha value is -0.910. The van der Waals surface area contributed by atoms with Crippen LogP contribution in [-0.2, 0) is 4.79 Å². The topological polar surface area (TPSA) is 60.8 Å². The molecular weight excluding hydrogens is 358 g/mol. The lowest BCUT2D eigenvalue weighted by molar-refractivity contribution is -0.146. The monoisotopic (exact) mass is 381 g/mol. The quantitative estimate of drug-likeness (QED) is 0.838. The first-order chi connectivity index (χ1) is 11.1. The number of halogens is 1. The minimum absolute atomic E-state index is 0.204. The van der Waals surface area contributed by atoms with Crippen molar-refractivity contribution >= 4 is 21.9 Å². The number of aliphatic hydroxyl groups is 1. The van der Waals surface area contributed by atoms with Crippen molar-refractivity contribution in [3.63, 3.8) is 0 Å². The normalized spacial score (nSPS) is 27.9. The van der Waals surface area contributed by atoms with Crippen molar-refractivity contribution in [1.82, 2.24) is 4.90 Å². The van der Waals surface area contributed by atoms with Gasteiger partial charge in [0.1, 0.15) is 6.04 Å². The van der Waals surface area contributed by atoms with Crippen LogP contribution in [-0.4, -0.2) is 40.3 Å². The Morgan fingerprint density at radius 3 is 2.57 bits per heavy atom. The van der Waals surface area contributed by atoms with Crippen LogP contribution in [0.2, 0.25) is 0 Å². The highest BCUT2D eigenvalue weighted by Crippen LogP contribution is 2.39. The smallest absolute Gasteiger partial charge is 0.325 e. The second-order valence-corrected chi connectivity index (χ2v) is 7.68. The number of hydrogen-bond acceptors (Lipinski definition) is 3. The molecule has 126 valence electrons. The standard InChI is InChI=1S/C18H24BrNO3/c19-15-8-4-3-7-13(15)17(18(22)23)20-10-9-16(21)14(11-20)12-5-1-2-6-12/h3-4,7-8,12,14,16-17,21H,1-2,5-6,9-11H2,(H,22,23)/t14-,16+,17?/m0/s1. The molecule has 0 bridgehead atoms. The van der Waals surface area contributed by atoms with Gasteiger partial charge in [0.15, 0.2) is 0 Å². The molecule has 1 heterocycles. The summed E-state index contributed by atoms with van der Waals surface area (Å²) in [4.78, 5) is 14.0. The van der Waals surface area contributed by atoms with Crippen LogP contribution in [0.1, 0.15) is 43.7 Å². The van der Waals surface area contributed by atoms with E-state index in [1.54, 1.807) is 0 Å². The van der Waals surface area contributed by atoms with Gasteiger partial charge in [0.25, 0.3) is 0 Å². The zero-order valence-electron chi connectivity index (χ0n) is 13.2. The average Bonchev–Trinajstić information content (AvgIpc) is 3.05. The van der Waals surface area contributed by atoms with E-state index < -0.39 is 12.0 Å². The number of carboxylic acid groups (broad SMARTS) is 1. The fourth-order valence-corrected chi connectivity index (χ4v) is 4.76. The van der Waals surface area contributed by atoms with E-state index in [1.807, 2.05) is 29.2 Å². The van der Waals surface area contributed by atoms with E-state index in [1.165, 1.54) is 25.7 Å². The summed E-state index contributed by atoms with van der Waals surface area (Å²) < 4.78 is 0.830. The number of carbonyl (C=O) groups is 1. The predicted octanol–water partition coefficient (Wildman–Crippen LogP) is 3.45. The van der Waals surface area contributed by atoms with E-state index >= 15 is 0 Å². The Kier molecular flexibility index (Phi) is 5.39. The van der Waals surface area contributed by atoms with Crippen molar-refractivity contribution in [3.8, 4) is 0 Å². The lowest BCUT2D eigenvalue weighted by Crippen LogP contribution is -2.48. The van der Waals surface area contributed by atoms with Crippen molar-refractivity contribution in [2.75, 3.05) is 13.1 Å². The van der Waals surface area contributed by atoms with Gasteiger partial charge in [-0.05, 0) is 24.0 Å². The number of likely N-dealkylation sites (tertiary alicyclic amines) is 1. The van der Waals surface area contributed by atoms with E-state index in [0.29, 0.717) is 25.4 Å². The predicted molar refractivity (Wildman–Crippen MR) is 92.2 cm³/mol. The third-order valence-corrected chi connectivity index (χ3v) is 6.18. The maximum absolute atomic E-state index is 11.9. The highest BCUT2D eigenvalue weighted by atomic mass is 79.9. The lowest BCUT2D eigenvalue weighted by atomic mass is 9.81. The maximum Gasteiger partial charge on any atom is 0.325 e. The summed E-state index contributed by atoms with van der Waals surface area (Å²) in [5.41, 5.74) is 0.793. The molecule has 1 aliphatic carbocycles. The number of piperidine rings is 1. The fraction of sp³-hybridized carbons (Fsp3) is 0.611. The molecule has 1 aromatic carbocycles. The third kappa shape index (κ3) is 3.62. The SMILES string of the molecule is O=C(O)C(c1ccccc1Br)N1CC[C@@H](O)[C@H](C2CCCC2)C1. The summed E-state index contributed by atoms with van der Waals surface area (Å²) in [6.07, 6.45) is 5.18. The number of rotatable bonds is 4. The molecule has 0 spiro atoms. The molecule has 1 aromatic rings. The van der Waals surface area contributed by atoms with E-state index in [0.717, 1.165) is 10.0 Å². The minimum atomic E-state index is -0.821. The average molecular weight is 382 g/mol. The molecule has 2 aliphatic rings.